The van der Waals surface area contributed by atoms with Crippen LogP contribution >= 0.6 is 0 Å². The second-order valence-corrected chi connectivity index (χ2v) is 12.1. The molecule has 5 nitrogen and oxygen atoms in total. The zero-order valence-electron chi connectivity index (χ0n) is 27.2. The molecule has 0 bridgehead atoms. The fourth-order valence-electron chi connectivity index (χ4n) is 5.24. The third-order valence-electron chi connectivity index (χ3n) is 8.10. The Bertz CT molecular complexity index is 606. The van der Waals surface area contributed by atoms with Crippen molar-refractivity contribution in [1.82, 2.24) is 5.32 Å². The van der Waals surface area contributed by atoms with Crippen molar-refractivity contribution in [3.63, 3.8) is 0 Å². The van der Waals surface area contributed by atoms with Gasteiger partial charge in [-0.25, -0.2) is 0 Å². The highest BCUT2D eigenvalue weighted by molar-refractivity contribution is 5.80. The first kappa shape index (κ1) is 39.8. The Labute approximate surface area is 254 Å². The summed E-state index contributed by atoms with van der Waals surface area (Å²) in [6.07, 6.45) is 35.8. The average molecular weight is 580 g/mol. The van der Waals surface area contributed by atoms with Gasteiger partial charge in [0.15, 0.2) is 0 Å². The fraction of sp³-hybridized carbons (Fsp3) is 0.861. The minimum absolute atomic E-state index is 0.318. The molecule has 0 rings (SSSR count). The lowest BCUT2D eigenvalue weighted by Crippen LogP contribution is -2.49. The molecule has 1 amide bonds. The lowest BCUT2D eigenvalue weighted by atomic mass is 10.0. The van der Waals surface area contributed by atoms with Gasteiger partial charge in [0.05, 0.1) is 18.8 Å². The number of rotatable bonds is 31. The van der Waals surface area contributed by atoms with Crippen molar-refractivity contribution in [1.29, 1.82) is 0 Å². The van der Waals surface area contributed by atoms with E-state index in [2.05, 4.69) is 43.5 Å². The molecule has 0 radical (unpaired) electrons. The minimum Gasteiger partial charge on any atom is -0.394 e. The van der Waals surface area contributed by atoms with E-state index in [4.69, 9.17) is 0 Å². The lowest BCUT2D eigenvalue weighted by Gasteiger charge is -2.23. The molecule has 0 aliphatic rings. The van der Waals surface area contributed by atoms with Gasteiger partial charge in [-0.2, -0.15) is 0 Å². The topological polar surface area (TPSA) is 89.8 Å². The molecule has 242 valence electrons. The number of hydrogen-bond acceptors (Lipinski definition) is 4. The molecule has 0 aromatic heterocycles. The molecule has 0 aliphatic carbocycles. The van der Waals surface area contributed by atoms with E-state index in [9.17, 15) is 20.1 Å². The zero-order chi connectivity index (χ0) is 30.2. The number of aliphatic hydroxyl groups is 3. The molecule has 0 heterocycles. The van der Waals surface area contributed by atoms with Crippen molar-refractivity contribution < 1.29 is 20.1 Å². The number of nitrogens with one attached hydrogen (secondary N) is 1. The van der Waals surface area contributed by atoms with Gasteiger partial charge in [-0.1, -0.05) is 160 Å². The van der Waals surface area contributed by atoms with E-state index in [0.29, 0.717) is 12.8 Å². The number of allylic oxidation sites excluding steroid dienone is 4. The zero-order valence-corrected chi connectivity index (χ0v) is 27.2. The van der Waals surface area contributed by atoms with Crippen molar-refractivity contribution in [3.8, 4) is 0 Å². The summed E-state index contributed by atoms with van der Waals surface area (Å²) < 4.78 is 0. The van der Waals surface area contributed by atoms with E-state index in [0.717, 1.165) is 44.9 Å². The third kappa shape index (κ3) is 27.4. The van der Waals surface area contributed by atoms with Crippen LogP contribution in [0.2, 0.25) is 0 Å². The van der Waals surface area contributed by atoms with E-state index < -0.39 is 24.2 Å². The Morgan fingerprint density at radius 2 is 0.976 bits per heavy atom. The van der Waals surface area contributed by atoms with Crippen LogP contribution in [0.1, 0.15) is 174 Å². The minimum atomic E-state index is -1.08. The largest absolute Gasteiger partial charge is 0.394 e. The summed E-state index contributed by atoms with van der Waals surface area (Å²) >= 11 is 0. The number of hydrogen-bond donors (Lipinski definition) is 4. The standard InChI is InChI=1S/C36H69NO4/c1-3-5-7-9-11-13-15-17-19-21-23-25-27-29-31-35(40)36(41)37-33(32-38)34(39)30-28-26-24-22-20-18-16-14-12-10-8-6-4-2/h11,13,15,17,33-35,38-40H,3-10,12,14,16,18-32H2,1-2H3,(H,37,41)/b13-11-,17-15-. The molecule has 0 spiro atoms. The van der Waals surface area contributed by atoms with Crippen molar-refractivity contribution >= 4 is 5.91 Å². The summed E-state index contributed by atoms with van der Waals surface area (Å²) in [7, 11) is 0. The van der Waals surface area contributed by atoms with Crippen molar-refractivity contribution in [2.24, 2.45) is 0 Å². The summed E-state index contributed by atoms with van der Waals surface area (Å²) in [5, 5.41) is 33.0. The van der Waals surface area contributed by atoms with E-state index in [-0.39, 0.29) is 6.61 Å². The maximum atomic E-state index is 12.4. The maximum absolute atomic E-state index is 12.4. The molecule has 4 N–H and O–H groups in total. The fourth-order valence-corrected chi connectivity index (χ4v) is 5.24. The van der Waals surface area contributed by atoms with Crippen molar-refractivity contribution in [2.75, 3.05) is 6.61 Å². The lowest BCUT2D eigenvalue weighted by molar-refractivity contribution is -0.131. The Morgan fingerprint density at radius 1 is 0.585 bits per heavy atom. The second-order valence-electron chi connectivity index (χ2n) is 12.1. The van der Waals surface area contributed by atoms with Gasteiger partial charge >= 0.3 is 0 Å². The predicted octanol–water partition coefficient (Wildman–Crippen LogP) is 9.09. The van der Waals surface area contributed by atoms with Gasteiger partial charge < -0.3 is 20.6 Å². The Hall–Kier alpha value is -1.17. The van der Waals surface area contributed by atoms with Crippen LogP contribution in [-0.4, -0.2) is 46.1 Å². The quantitative estimate of drug-likeness (QED) is 0.0487. The van der Waals surface area contributed by atoms with E-state index in [1.165, 1.54) is 103 Å². The van der Waals surface area contributed by atoms with E-state index in [1.807, 2.05) is 0 Å². The summed E-state index contributed by atoms with van der Waals surface area (Å²) in [4.78, 5) is 12.4. The number of aliphatic hydroxyl groups excluding tert-OH is 3. The van der Waals surface area contributed by atoms with Gasteiger partial charge in [-0.3, -0.25) is 4.79 Å². The van der Waals surface area contributed by atoms with Crippen molar-refractivity contribution in [3.05, 3.63) is 24.3 Å². The van der Waals surface area contributed by atoms with Crippen LogP contribution in [0.4, 0.5) is 0 Å². The van der Waals surface area contributed by atoms with Gasteiger partial charge in [0.2, 0.25) is 5.91 Å². The Morgan fingerprint density at radius 3 is 1.46 bits per heavy atom. The van der Waals surface area contributed by atoms with Crippen LogP contribution in [-0.2, 0) is 4.79 Å². The third-order valence-corrected chi connectivity index (χ3v) is 8.10. The van der Waals surface area contributed by atoms with E-state index >= 15 is 0 Å². The molecular weight excluding hydrogens is 510 g/mol. The highest BCUT2D eigenvalue weighted by Crippen LogP contribution is 2.15. The molecule has 3 unspecified atom stereocenters. The summed E-state index contributed by atoms with van der Waals surface area (Å²) in [6.45, 7) is 4.17. The summed E-state index contributed by atoms with van der Waals surface area (Å²) in [5.74, 6) is -0.485. The van der Waals surface area contributed by atoms with Gasteiger partial charge in [-0.15, -0.1) is 0 Å². The van der Waals surface area contributed by atoms with Gasteiger partial charge in [0, 0.05) is 0 Å². The normalized spacial score (nSPS) is 14.2. The van der Waals surface area contributed by atoms with Crippen LogP contribution in [0.3, 0.4) is 0 Å². The molecule has 0 saturated carbocycles. The number of carbonyl (C=O) groups is 1. The number of unbranched alkanes of at least 4 members (excludes halogenated alkanes) is 20. The maximum Gasteiger partial charge on any atom is 0.249 e. The van der Waals surface area contributed by atoms with Crippen LogP contribution in [0.15, 0.2) is 24.3 Å². The average Bonchev–Trinajstić information content (AvgIpc) is 2.98. The first-order valence-corrected chi connectivity index (χ1v) is 17.7. The van der Waals surface area contributed by atoms with Crippen LogP contribution in [0.5, 0.6) is 0 Å². The number of amides is 1. The first-order valence-electron chi connectivity index (χ1n) is 17.7. The monoisotopic (exact) mass is 580 g/mol. The Kier molecular flexibility index (Phi) is 30.9. The molecule has 0 aromatic carbocycles. The highest BCUT2D eigenvalue weighted by Gasteiger charge is 2.23. The van der Waals surface area contributed by atoms with Crippen molar-refractivity contribution in [2.45, 2.75) is 193 Å². The van der Waals surface area contributed by atoms with Crippen LogP contribution in [0, 0.1) is 0 Å². The molecule has 0 aliphatic heterocycles. The molecule has 41 heavy (non-hydrogen) atoms. The first-order chi connectivity index (χ1) is 20.1. The summed E-state index contributed by atoms with van der Waals surface area (Å²) in [6, 6.07) is -0.714. The smallest absolute Gasteiger partial charge is 0.249 e. The molecular formula is C36H69NO4. The van der Waals surface area contributed by atoms with Gasteiger partial charge in [-0.05, 0) is 38.5 Å². The molecule has 5 heteroatoms. The Balaban J connectivity index is 3.75. The van der Waals surface area contributed by atoms with Gasteiger partial charge in [0.25, 0.3) is 0 Å². The SMILES string of the molecule is CCCCC/C=C\C=C/CCCCCCCC(O)C(=O)NC(CO)C(O)CCCCCCCCCCCCCCC. The molecule has 0 fully saturated rings. The summed E-state index contributed by atoms with van der Waals surface area (Å²) in [5.41, 5.74) is 0. The molecule has 3 atom stereocenters. The highest BCUT2D eigenvalue weighted by atomic mass is 16.3. The second kappa shape index (κ2) is 31.8. The van der Waals surface area contributed by atoms with Crippen LogP contribution < -0.4 is 5.32 Å². The predicted molar refractivity (Wildman–Crippen MR) is 176 cm³/mol. The molecule has 0 aromatic rings. The molecule has 0 saturated heterocycles. The number of carbonyl (C=O) groups excluding carboxylic acids is 1. The van der Waals surface area contributed by atoms with Gasteiger partial charge in [0.1, 0.15) is 6.10 Å². The van der Waals surface area contributed by atoms with E-state index in [1.54, 1.807) is 0 Å². The van der Waals surface area contributed by atoms with Crippen LogP contribution in [0.25, 0.3) is 0 Å².